The van der Waals surface area contributed by atoms with E-state index in [9.17, 15) is 22.8 Å². The molecule has 10 nitrogen and oxygen atoms in total. The number of ether oxygens (including phenoxy) is 1. The zero-order chi connectivity index (χ0) is 21.6. The molecule has 11 heteroatoms. The van der Waals surface area contributed by atoms with Gasteiger partial charge in [0.25, 0.3) is 21.8 Å². The van der Waals surface area contributed by atoms with E-state index in [-0.39, 0.29) is 23.1 Å². The topological polar surface area (TPSA) is 158 Å². The molecule has 0 aliphatic rings. The molecule has 0 aliphatic carbocycles. The molecule has 0 aliphatic heterocycles. The molecule has 0 atom stereocenters. The average Bonchev–Trinajstić information content (AvgIpc) is 3.15. The van der Waals surface area contributed by atoms with Gasteiger partial charge in [-0.05, 0) is 30.2 Å². The van der Waals surface area contributed by atoms with Crippen molar-refractivity contribution in [3.8, 4) is 0 Å². The highest BCUT2D eigenvalue weighted by molar-refractivity contribution is 7.89. The van der Waals surface area contributed by atoms with E-state index in [2.05, 4.69) is 10.6 Å². The summed E-state index contributed by atoms with van der Waals surface area (Å²) in [5.41, 5.74) is 0.515. The second-order valence-electron chi connectivity index (χ2n) is 6.44. The lowest BCUT2D eigenvalue weighted by Gasteiger charge is -2.12. The van der Waals surface area contributed by atoms with Crippen LogP contribution in [-0.2, 0) is 19.6 Å². The van der Waals surface area contributed by atoms with Gasteiger partial charge in [0.15, 0.2) is 6.61 Å². The van der Waals surface area contributed by atoms with Crippen LogP contribution < -0.4 is 15.8 Å². The van der Waals surface area contributed by atoms with E-state index in [4.69, 9.17) is 14.3 Å². The van der Waals surface area contributed by atoms with Crippen molar-refractivity contribution < 1.29 is 32.0 Å². The fourth-order valence-electron chi connectivity index (χ4n) is 2.15. The maximum Gasteiger partial charge on any atom is 0.374 e. The van der Waals surface area contributed by atoms with Crippen LogP contribution >= 0.6 is 0 Å². The second kappa shape index (κ2) is 9.34. The van der Waals surface area contributed by atoms with Crippen LogP contribution in [0.3, 0.4) is 0 Å². The van der Waals surface area contributed by atoms with Crippen LogP contribution in [0.4, 0.5) is 5.69 Å². The summed E-state index contributed by atoms with van der Waals surface area (Å²) in [6.07, 6.45) is 0. The fraction of sp³-hybridized carbons (Fsp3) is 0.278. The molecule has 1 aromatic heterocycles. The highest BCUT2D eigenvalue weighted by Gasteiger charge is 2.20. The molecule has 2 rings (SSSR count). The molecule has 4 N–H and O–H groups in total. The van der Waals surface area contributed by atoms with Gasteiger partial charge >= 0.3 is 5.97 Å². The van der Waals surface area contributed by atoms with Crippen molar-refractivity contribution in [2.45, 2.75) is 18.9 Å². The number of nitrogens with one attached hydrogen (secondary N) is 2. The van der Waals surface area contributed by atoms with E-state index in [0.29, 0.717) is 6.54 Å². The zero-order valence-electron chi connectivity index (χ0n) is 15.8. The fourth-order valence-corrected chi connectivity index (χ4v) is 2.62. The largest absolute Gasteiger partial charge is 0.450 e. The minimum Gasteiger partial charge on any atom is -0.450 e. The first-order valence-electron chi connectivity index (χ1n) is 8.54. The van der Waals surface area contributed by atoms with Gasteiger partial charge in [-0.2, -0.15) is 0 Å². The van der Waals surface area contributed by atoms with Gasteiger partial charge in [0.2, 0.25) is 10.9 Å². The van der Waals surface area contributed by atoms with E-state index in [1.807, 2.05) is 13.8 Å². The first kappa shape index (κ1) is 22.1. The summed E-state index contributed by atoms with van der Waals surface area (Å²) in [6, 6.07) is 8.44. The lowest BCUT2D eigenvalue weighted by molar-refractivity contribution is -0.119. The first-order valence-corrected chi connectivity index (χ1v) is 10.1. The minimum absolute atomic E-state index is 0.254. The Balaban J connectivity index is 1.97. The molecule has 2 aromatic rings. The van der Waals surface area contributed by atoms with E-state index in [1.54, 1.807) is 18.2 Å². The van der Waals surface area contributed by atoms with E-state index < -0.39 is 39.4 Å². The Morgan fingerprint density at radius 2 is 1.83 bits per heavy atom. The smallest absolute Gasteiger partial charge is 0.374 e. The number of anilines is 1. The summed E-state index contributed by atoms with van der Waals surface area (Å²) >= 11 is 0. The van der Waals surface area contributed by atoms with E-state index in [1.165, 1.54) is 6.07 Å². The SMILES string of the molecule is CC(C)CNC(=O)c1ccccc1NC(=O)COC(=O)c1ccc(S(N)(=O)=O)o1. The molecule has 0 radical (unpaired) electrons. The summed E-state index contributed by atoms with van der Waals surface area (Å²) in [5, 5.41) is 9.53. The van der Waals surface area contributed by atoms with Crippen molar-refractivity contribution in [3.63, 3.8) is 0 Å². The van der Waals surface area contributed by atoms with Gasteiger partial charge in [0, 0.05) is 6.54 Å². The van der Waals surface area contributed by atoms with Gasteiger partial charge in [-0.1, -0.05) is 26.0 Å². The molecular weight excluding hydrogens is 402 g/mol. The highest BCUT2D eigenvalue weighted by atomic mass is 32.2. The molecule has 1 aromatic carbocycles. The number of amides is 2. The molecule has 156 valence electrons. The van der Waals surface area contributed by atoms with Crippen molar-refractivity contribution in [3.05, 3.63) is 47.7 Å². The van der Waals surface area contributed by atoms with E-state index in [0.717, 1.165) is 12.1 Å². The predicted molar refractivity (Wildman–Crippen MR) is 103 cm³/mol. The summed E-state index contributed by atoms with van der Waals surface area (Å²) in [4.78, 5) is 36.2. The predicted octanol–water partition coefficient (Wildman–Crippen LogP) is 1.11. The molecule has 29 heavy (non-hydrogen) atoms. The van der Waals surface area contributed by atoms with Gasteiger partial charge < -0.3 is 19.8 Å². The molecule has 0 bridgehead atoms. The number of benzene rings is 1. The molecule has 1 heterocycles. The zero-order valence-corrected chi connectivity index (χ0v) is 16.6. The maximum atomic E-state index is 12.3. The quantitative estimate of drug-likeness (QED) is 0.536. The average molecular weight is 423 g/mol. The second-order valence-corrected chi connectivity index (χ2v) is 7.93. The molecule has 0 saturated heterocycles. The number of esters is 1. The van der Waals surface area contributed by atoms with Crippen LogP contribution in [0.2, 0.25) is 0 Å². The minimum atomic E-state index is -4.10. The first-order chi connectivity index (χ1) is 13.6. The third kappa shape index (κ3) is 6.43. The van der Waals surface area contributed by atoms with Crippen LogP contribution in [-0.4, -0.2) is 39.4 Å². The van der Waals surface area contributed by atoms with Gasteiger partial charge in [-0.3, -0.25) is 9.59 Å². The van der Waals surface area contributed by atoms with Crippen molar-refractivity contribution in [1.29, 1.82) is 0 Å². The molecule has 0 saturated carbocycles. The number of carbonyl (C=O) groups is 3. The summed E-state index contributed by atoms with van der Waals surface area (Å²) in [6.45, 7) is 3.70. The third-order valence-corrected chi connectivity index (χ3v) is 4.29. The van der Waals surface area contributed by atoms with Crippen LogP contribution in [0.1, 0.15) is 34.8 Å². The maximum absolute atomic E-state index is 12.3. The Hall–Kier alpha value is -3.18. The van der Waals surface area contributed by atoms with Crippen molar-refractivity contribution in [2.75, 3.05) is 18.5 Å². The summed E-state index contributed by atoms with van der Waals surface area (Å²) in [7, 11) is -4.10. The molecule has 0 unspecified atom stereocenters. The standard InChI is InChI=1S/C18H21N3O7S/c1-11(2)9-20-17(23)12-5-3-4-6-13(12)21-15(22)10-27-18(24)14-7-8-16(28-14)29(19,25)26/h3-8,11H,9-10H2,1-2H3,(H,20,23)(H,21,22)(H2,19,25,26). The number of hydrogen-bond donors (Lipinski definition) is 3. The number of para-hydroxylation sites is 1. The number of furan rings is 1. The van der Waals surface area contributed by atoms with Crippen molar-refractivity contribution in [2.24, 2.45) is 11.1 Å². The number of sulfonamides is 1. The number of nitrogens with two attached hydrogens (primary N) is 1. The van der Waals surface area contributed by atoms with Crippen LogP contribution in [0.25, 0.3) is 0 Å². The van der Waals surface area contributed by atoms with Gasteiger partial charge in [-0.15, -0.1) is 0 Å². The van der Waals surface area contributed by atoms with Crippen LogP contribution in [0, 0.1) is 5.92 Å². The van der Waals surface area contributed by atoms with Crippen molar-refractivity contribution >= 4 is 33.5 Å². The monoisotopic (exact) mass is 423 g/mol. The Morgan fingerprint density at radius 3 is 2.45 bits per heavy atom. The van der Waals surface area contributed by atoms with Crippen molar-refractivity contribution in [1.82, 2.24) is 5.32 Å². The Morgan fingerprint density at radius 1 is 1.14 bits per heavy atom. The lowest BCUT2D eigenvalue weighted by Crippen LogP contribution is -2.29. The van der Waals surface area contributed by atoms with Gasteiger partial charge in [0.05, 0.1) is 11.3 Å². The molecule has 0 fully saturated rings. The molecular formula is C18H21N3O7S. The van der Waals surface area contributed by atoms with Gasteiger partial charge in [-0.25, -0.2) is 18.4 Å². The number of carbonyl (C=O) groups excluding carboxylic acids is 3. The normalized spacial score (nSPS) is 11.2. The molecule has 2 amide bonds. The van der Waals surface area contributed by atoms with Gasteiger partial charge in [0.1, 0.15) is 0 Å². The number of primary sulfonamides is 1. The summed E-state index contributed by atoms with van der Waals surface area (Å²) < 4.78 is 31.9. The Kier molecular flexibility index (Phi) is 7.13. The number of hydrogen-bond acceptors (Lipinski definition) is 7. The summed E-state index contributed by atoms with van der Waals surface area (Å²) in [5.74, 6) is -2.25. The molecule has 0 spiro atoms. The van der Waals surface area contributed by atoms with Crippen LogP contribution in [0.15, 0.2) is 45.9 Å². The van der Waals surface area contributed by atoms with Crippen LogP contribution in [0.5, 0.6) is 0 Å². The Labute approximate surface area is 167 Å². The number of rotatable bonds is 8. The van der Waals surface area contributed by atoms with E-state index >= 15 is 0 Å². The lowest BCUT2D eigenvalue weighted by atomic mass is 10.1. The third-order valence-electron chi connectivity index (χ3n) is 3.51. The highest BCUT2D eigenvalue weighted by Crippen LogP contribution is 2.16. The Bertz CT molecular complexity index is 1010.